The molecule has 2 nitrogen and oxygen atoms in total. The highest BCUT2D eigenvalue weighted by molar-refractivity contribution is 9.09. The summed E-state index contributed by atoms with van der Waals surface area (Å²) in [7, 11) is 0. The van der Waals surface area contributed by atoms with Crippen LogP contribution in [0.3, 0.4) is 0 Å². The van der Waals surface area contributed by atoms with E-state index in [1.807, 2.05) is 30.5 Å². The molecule has 0 atom stereocenters. The number of halogens is 1. The Morgan fingerprint density at radius 1 is 1.19 bits per heavy atom. The van der Waals surface area contributed by atoms with Crippen molar-refractivity contribution in [2.24, 2.45) is 5.41 Å². The van der Waals surface area contributed by atoms with Crippen molar-refractivity contribution in [3.63, 3.8) is 0 Å². The largest absolute Gasteiger partial charge is 0.253 e. The van der Waals surface area contributed by atoms with Gasteiger partial charge in [-0.25, -0.2) is 4.98 Å². The molecule has 2 aromatic rings. The van der Waals surface area contributed by atoms with Crippen LogP contribution in [-0.4, -0.2) is 15.3 Å². The van der Waals surface area contributed by atoms with E-state index in [9.17, 15) is 0 Å². The summed E-state index contributed by atoms with van der Waals surface area (Å²) in [6.07, 6.45) is 2.82. The topological polar surface area (TPSA) is 25.8 Å². The minimum Gasteiger partial charge on any atom is -0.253 e. The zero-order chi connectivity index (χ0) is 11.6. The summed E-state index contributed by atoms with van der Waals surface area (Å²) in [4.78, 5) is 9.05. The first-order valence-corrected chi connectivity index (χ1v) is 6.49. The molecule has 84 valence electrons. The second kappa shape index (κ2) is 4.50. The van der Waals surface area contributed by atoms with Crippen LogP contribution in [0.2, 0.25) is 0 Å². The van der Waals surface area contributed by atoms with Crippen molar-refractivity contribution in [1.82, 2.24) is 9.97 Å². The quantitative estimate of drug-likeness (QED) is 0.802. The predicted octanol–water partition coefficient (Wildman–Crippen LogP) is 3.59. The molecule has 0 N–H and O–H groups in total. The molecular formula is C13H15BrN2. The summed E-state index contributed by atoms with van der Waals surface area (Å²) < 4.78 is 0. The Labute approximate surface area is 104 Å². The first-order chi connectivity index (χ1) is 7.61. The minimum absolute atomic E-state index is 0.219. The number of alkyl halides is 1. The van der Waals surface area contributed by atoms with Crippen molar-refractivity contribution in [2.45, 2.75) is 20.3 Å². The third-order valence-corrected chi connectivity index (χ3v) is 4.04. The van der Waals surface area contributed by atoms with Crippen molar-refractivity contribution in [3.8, 4) is 0 Å². The van der Waals surface area contributed by atoms with Crippen molar-refractivity contribution >= 4 is 27.0 Å². The number of fused-ring (bicyclic) bond motifs is 1. The highest BCUT2D eigenvalue weighted by Crippen LogP contribution is 2.23. The molecular weight excluding hydrogens is 264 g/mol. The number of benzene rings is 1. The Morgan fingerprint density at radius 3 is 2.56 bits per heavy atom. The average Bonchev–Trinajstić information content (AvgIpc) is 2.28. The maximum absolute atomic E-state index is 4.63. The molecule has 0 amide bonds. The van der Waals surface area contributed by atoms with Crippen LogP contribution in [0.5, 0.6) is 0 Å². The van der Waals surface area contributed by atoms with Gasteiger partial charge in [0.1, 0.15) is 0 Å². The van der Waals surface area contributed by atoms with Crippen LogP contribution in [0, 0.1) is 5.41 Å². The molecule has 0 fully saturated rings. The normalized spacial score (nSPS) is 11.9. The van der Waals surface area contributed by atoms with E-state index >= 15 is 0 Å². The molecule has 1 aromatic heterocycles. The zero-order valence-corrected chi connectivity index (χ0v) is 11.2. The second-order valence-corrected chi connectivity index (χ2v) is 5.39. The Hall–Kier alpha value is -0.960. The lowest BCUT2D eigenvalue weighted by atomic mass is 9.90. The van der Waals surface area contributed by atoms with Crippen molar-refractivity contribution in [3.05, 3.63) is 36.2 Å². The van der Waals surface area contributed by atoms with E-state index in [4.69, 9.17) is 0 Å². The molecule has 0 saturated carbocycles. The van der Waals surface area contributed by atoms with Gasteiger partial charge in [-0.2, -0.15) is 0 Å². The van der Waals surface area contributed by atoms with E-state index in [0.29, 0.717) is 0 Å². The summed E-state index contributed by atoms with van der Waals surface area (Å²) in [5.74, 6) is 0. The molecule has 0 bridgehead atoms. The smallest absolute Gasteiger partial charge is 0.0890 e. The van der Waals surface area contributed by atoms with Crippen LogP contribution in [0.25, 0.3) is 11.0 Å². The summed E-state index contributed by atoms with van der Waals surface area (Å²) in [5, 5.41) is 0.967. The molecule has 2 rings (SSSR count). The fraction of sp³-hybridized carbons (Fsp3) is 0.385. The Morgan fingerprint density at radius 2 is 1.88 bits per heavy atom. The van der Waals surface area contributed by atoms with Crippen LogP contribution in [-0.2, 0) is 6.42 Å². The van der Waals surface area contributed by atoms with Crippen LogP contribution in [0.15, 0.2) is 30.5 Å². The van der Waals surface area contributed by atoms with E-state index in [1.54, 1.807) is 0 Å². The third kappa shape index (κ3) is 2.59. The van der Waals surface area contributed by atoms with Gasteiger partial charge in [-0.3, -0.25) is 4.98 Å². The molecule has 3 heteroatoms. The standard InChI is InChI=1S/C13H15BrN2/c1-13(2,9-14)7-10-8-15-11-5-3-4-6-12(11)16-10/h3-6,8H,7,9H2,1-2H3. The molecule has 1 aromatic carbocycles. The lowest BCUT2D eigenvalue weighted by Gasteiger charge is -2.20. The highest BCUT2D eigenvalue weighted by atomic mass is 79.9. The van der Waals surface area contributed by atoms with E-state index in [2.05, 4.69) is 39.7 Å². The van der Waals surface area contributed by atoms with Gasteiger partial charge in [0.15, 0.2) is 0 Å². The lowest BCUT2D eigenvalue weighted by Crippen LogP contribution is -2.17. The number of para-hydroxylation sites is 2. The number of hydrogen-bond acceptors (Lipinski definition) is 2. The van der Waals surface area contributed by atoms with Crippen LogP contribution >= 0.6 is 15.9 Å². The second-order valence-electron chi connectivity index (χ2n) is 4.82. The Kier molecular flexibility index (Phi) is 3.24. The first-order valence-electron chi connectivity index (χ1n) is 5.37. The fourth-order valence-electron chi connectivity index (χ4n) is 1.62. The van der Waals surface area contributed by atoms with Gasteiger partial charge in [0, 0.05) is 11.5 Å². The van der Waals surface area contributed by atoms with Crippen molar-refractivity contribution in [2.75, 3.05) is 5.33 Å². The summed E-state index contributed by atoms with van der Waals surface area (Å²) in [5.41, 5.74) is 3.22. The molecule has 0 unspecified atom stereocenters. The van der Waals surface area contributed by atoms with E-state index in [0.717, 1.165) is 28.5 Å². The van der Waals surface area contributed by atoms with Crippen molar-refractivity contribution in [1.29, 1.82) is 0 Å². The molecule has 0 aliphatic carbocycles. The molecule has 0 spiro atoms. The van der Waals surface area contributed by atoms with Gasteiger partial charge in [0.25, 0.3) is 0 Å². The molecule has 16 heavy (non-hydrogen) atoms. The minimum atomic E-state index is 0.219. The van der Waals surface area contributed by atoms with Gasteiger partial charge >= 0.3 is 0 Å². The van der Waals surface area contributed by atoms with E-state index < -0.39 is 0 Å². The van der Waals surface area contributed by atoms with E-state index in [1.165, 1.54) is 0 Å². The van der Waals surface area contributed by atoms with E-state index in [-0.39, 0.29) is 5.41 Å². The molecule has 1 heterocycles. The van der Waals surface area contributed by atoms with Gasteiger partial charge in [-0.05, 0) is 24.0 Å². The molecule has 0 saturated heterocycles. The Balaban J connectivity index is 2.33. The van der Waals surface area contributed by atoms with Gasteiger partial charge in [0.2, 0.25) is 0 Å². The lowest BCUT2D eigenvalue weighted by molar-refractivity contribution is 0.419. The number of nitrogens with zero attached hydrogens (tertiary/aromatic N) is 2. The zero-order valence-electron chi connectivity index (χ0n) is 9.57. The summed E-state index contributed by atoms with van der Waals surface area (Å²) in [6, 6.07) is 7.98. The van der Waals surface area contributed by atoms with Gasteiger partial charge in [-0.15, -0.1) is 0 Å². The maximum atomic E-state index is 4.63. The highest BCUT2D eigenvalue weighted by Gasteiger charge is 2.17. The van der Waals surface area contributed by atoms with Gasteiger partial charge in [0.05, 0.1) is 16.7 Å². The summed E-state index contributed by atoms with van der Waals surface area (Å²) >= 11 is 3.53. The van der Waals surface area contributed by atoms with Crippen LogP contribution < -0.4 is 0 Å². The number of hydrogen-bond donors (Lipinski definition) is 0. The fourth-order valence-corrected chi connectivity index (χ4v) is 1.82. The van der Waals surface area contributed by atoms with Crippen LogP contribution in [0.1, 0.15) is 19.5 Å². The first kappa shape index (κ1) is 11.5. The SMILES string of the molecule is CC(C)(CBr)Cc1cnc2ccccc2n1. The molecule has 0 aliphatic rings. The van der Waals surface area contributed by atoms with Gasteiger partial charge < -0.3 is 0 Å². The average molecular weight is 279 g/mol. The third-order valence-electron chi connectivity index (χ3n) is 2.52. The predicted molar refractivity (Wildman–Crippen MR) is 70.8 cm³/mol. The monoisotopic (exact) mass is 278 g/mol. The van der Waals surface area contributed by atoms with Gasteiger partial charge in [-0.1, -0.05) is 41.9 Å². The molecule has 0 radical (unpaired) electrons. The number of aromatic nitrogens is 2. The maximum Gasteiger partial charge on any atom is 0.0890 e. The number of rotatable bonds is 3. The van der Waals surface area contributed by atoms with Crippen LogP contribution in [0.4, 0.5) is 0 Å². The molecule has 0 aliphatic heterocycles. The Bertz CT molecular complexity index is 494. The van der Waals surface area contributed by atoms with Crippen molar-refractivity contribution < 1.29 is 0 Å². The summed E-state index contributed by atoms with van der Waals surface area (Å²) in [6.45, 7) is 4.44.